The van der Waals surface area contributed by atoms with Crippen molar-refractivity contribution in [2.24, 2.45) is 11.8 Å². The zero-order valence-corrected chi connectivity index (χ0v) is 73.6. The Morgan fingerprint density at radius 2 is 0.717 bits per heavy atom. The lowest BCUT2D eigenvalue weighted by atomic mass is 9.69. The molecule has 0 aromatic carbocycles. The first-order valence-corrected chi connectivity index (χ1v) is 40.3. The van der Waals surface area contributed by atoms with Crippen LogP contribution in [0, 0.1) is 11.8 Å². The second-order valence-electron chi connectivity index (χ2n) is 31.1. The highest BCUT2D eigenvalue weighted by molar-refractivity contribution is 5.82. The predicted octanol–water partition coefficient (Wildman–Crippen LogP) is -1.60. The van der Waals surface area contributed by atoms with Gasteiger partial charge in [-0.05, 0) is 19.3 Å². The third kappa shape index (κ3) is 28.8. The van der Waals surface area contributed by atoms with Crippen LogP contribution in [-0.2, 0) is 219 Å². The summed E-state index contributed by atoms with van der Waals surface area (Å²) in [7, 11) is 0. The van der Waals surface area contributed by atoms with Crippen molar-refractivity contribution in [2.75, 3.05) is 33.0 Å². The number of esters is 17. The predicted molar refractivity (Wildman–Crippen MR) is 403 cm³/mol. The number of fused-ring (bicyclic) bond motifs is 1. The van der Waals surface area contributed by atoms with Crippen molar-refractivity contribution in [3.8, 4) is 0 Å². The van der Waals surface area contributed by atoms with E-state index in [0.29, 0.717) is 0 Å². The van der Waals surface area contributed by atoms with Gasteiger partial charge in [-0.2, -0.15) is 0 Å². The molecule has 127 heavy (non-hydrogen) atoms. The minimum atomic E-state index is -2.78. The highest BCUT2D eigenvalue weighted by Crippen LogP contribution is 2.50. The molecule has 1 aliphatic carbocycles. The van der Waals surface area contributed by atoms with Crippen LogP contribution in [0.25, 0.3) is 0 Å². The monoisotopic (exact) mass is 1820 g/mol. The molecule has 0 aromatic rings. The van der Waals surface area contributed by atoms with Gasteiger partial charge in [-0.1, -0.05) is 13.8 Å². The number of ether oxygens (including phenoxy) is 27. The summed E-state index contributed by atoms with van der Waals surface area (Å²) in [6.07, 6.45) is -55.7. The van der Waals surface area contributed by atoms with Gasteiger partial charge in [0.1, 0.15) is 106 Å². The van der Waals surface area contributed by atoms with E-state index in [1.807, 2.05) is 0 Å². The second-order valence-corrected chi connectivity index (χ2v) is 31.1. The van der Waals surface area contributed by atoms with E-state index in [0.717, 1.165) is 125 Å². The zero-order chi connectivity index (χ0) is 94.8. The molecule has 712 valence electrons. The summed E-state index contributed by atoms with van der Waals surface area (Å²) in [6, 6.07) is -3.84. The van der Waals surface area contributed by atoms with Crippen molar-refractivity contribution in [1.82, 2.24) is 10.6 Å². The maximum absolute atomic E-state index is 16.2. The van der Waals surface area contributed by atoms with Crippen molar-refractivity contribution in [3.05, 3.63) is 0 Å². The smallest absolute Gasteiger partial charge is 0.339 e. The molecular formula is C79H110N2O46. The third-order valence-electron chi connectivity index (χ3n) is 20.1. The van der Waals surface area contributed by atoms with Crippen LogP contribution in [0.4, 0.5) is 0 Å². The molecule has 1 saturated carbocycles. The summed E-state index contributed by atoms with van der Waals surface area (Å²) in [5.74, 6) is -22.8. The first-order valence-electron chi connectivity index (χ1n) is 40.3. The van der Waals surface area contributed by atoms with E-state index in [1.54, 1.807) is 13.8 Å². The van der Waals surface area contributed by atoms with Crippen LogP contribution in [0.2, 0.25) is 0 Å². The van der Waals surface area contributed by atoms with Gasteiger partial charge < -0.3 is 139 Å². The molecule has 7 aliphatic rings. The SMILES string of the molecule is CC(=O)NC1C(OC(C)=O)C[C@]2(C[C@H]1[C@H](OC(C)=O)[C@@H](COC(C)=O)OC(C)=O)O[C@@H]1C(OC2=O)[C@H](O[C@@H]2C(COC(C)=O)O[C@@H](C(C)C)C(OC(C)=O)[C@H]2OC(C)=O)OC(COC(C)=O)[C@@H]1O[C@@H]1OC(COC(C)=O)[C@H](OC(C)=O)[C@H](O[C@@H]2OC(COC(C)=O)[C@H](OC(C)=O)[C@H](OC(C)=O)C2O[C@@H]2OC(C)[C@@H](OC(C)=O)C(OC(C)=O)[C@H]2OC(C)=O)C1NC(C)=O. The van der Waals surface area contributed by atoms with Gasteiger partial charge in [0.15, 0.2) is 97.9 Å². The Morgan fingerprint density at radius 1 is 0.346 bits per heavy atom. The minimum Gasteiger partial charge on any atom is -0.463 e. The third-order valence-corrected chi connectivity index (χ3v) is 20.1. The number of carbonyl (C=O) groups excluding carboxylic acids is 19. The Bertz CT molecular complexity index is 4020. The van der Waals surface area contributed by atoms with Crippen LogP contribution < -0.4 is 10.6 Å². The molecule has 0 radical (unpaired) electrons. The van der Waals surface area contributed by atoms with Crippen LogP contribution in [0.1, 0.15) is 158 Å². The van der Waals surface area contributed by atoms with E-state index in [2.05, 4.69) is 10.6 Å². The summed E-state index contributed by atoms with van der Waals surface area (Å²) in [5.41, 5.74) is -2.78. The average molecular weight is 1820 g/mol. The first kappa shape index (κ1) is 104. The number of hydrogen-bond donors (Lipinski definition) is 2. The zero-order valence-electron chi connectivity index (χ0n) is 73.6. The van der Waals surface area contributed by atoms with Crippen molar-refractivity contribution in [3.63, 3.8) is 0 Å². The largest absolute Gasteiger partial charge is 0.463 e. The lowest BCUT2D eigenvalue weighted by Gasteiger charge is -2.57. The lowest BCUT2D eigenvalue weighted by Crippen LogP contribution is -2.74. The molecule has 7 fully saturated rings. The molecule has 6 heterocycles. The topological polar surface area (TPSA) is 598 Å². The molecule has 48 nitrogen and oxygen atoms in total. The van der Waals surface area contributed by atoms with Crippen molar-refractivity contribution in [2.45, 2.75) is 341 Å². The van der Waals surface area contributed by atoms with Crippen LogP contribution in [-0.4, -0.2) is 330 Å². The van der Waals surface area contributed by atoms with Gasteiger partial charge in [0, 0.05) is 137 Å². The van der Waals surface area contributed by atoms with Crippen LogP contribution in [0.3, 0.4) is 0 Å². The molecule has 0 bridgehead atoms. The summed E-state index contributed by atoms with van der Waals surface area (Å²) in [5, 5.41) is 5.26. The molecule has 1 spiro atoms. The van der Waals surface area contributed by atoms with E-state index in [1.165, 1.54) is 6.92 Å². The number of amides is 2. The van der Waals surface area contributed by atoms with Gasteiger partial charge in [-0.3, -0.25) is 86.3 Å². The lowest BCUT2D eigenvalue weighted by molar-refractivity contribution is -0.398. The fraction of sp³-hybridized carbons (Fsp3) is 0.759. The van der Waals surface area contributed by atoms with Crippen LogP contribution >= 0.6 is 0 Å². The van der Waals surface area contributed by atoms with E-state index < -0.39 is 354 Å². The van der Waals surface area contributed by atoms with Gasteiger partial charge in [-0.25, -0.2) is 4.79 Å². The number of rotatable bonds is 34. The van der Waals surface area contributed by atoms with Gasteiger partial charge in [0.2, 0.25) is 11.8 Å². The van der Waals surface area contributed by atoms with E-state index in [4.69, 9.17) is 128 Å². The number of carbonyl (C=O) groups is 19. The summed E-state index contributed by atoms with van der Waals surface area (Å²) in [4.78, 5) is 256. The van der Waals surface area contributed by atoms with E-state index in [-0.39, 0.29) is 0 Å². The van der Waals surface area contributed by atoms with Crippen molar-refractivity contribution in [1.29, 1.82) is 0 Å². The quantitative estimate of drug-likeness (QED) is 0.0541. The summed E-state index contributed by atoms with van der Waals surface area (Å²) < 4.78 is 166. The van der Waals surface area contributed by atoms with Crippen molar-refractivity contribution < 1.29 is 219 Å². The molecule has 12 unspecified atom stereocenters. The molecule has 6 saturated heterocycles. The first-order chi connectivity index (χ1) is 59.4. The Labute approximate surface area is 726 Å². The second kappa shape index (κ2) is 46.0. The van der Waals surface area contributed by atoms with E-state index >= 15 is 4.79 Å². The molecule has 31 atom stereocenters. The minimum absolute atomic E-state index is 0.632. The molecule has 0 aromatic heterocycles. The normalized spacial score (nSPS) is 33.6. The van der Waals surface area contributed by atoms with Crippen LogP contribution in [0.5, 0.6) is 0 Å². The fourth-order valence-electron chi connectivity index (χ4n) is 15.9. The maximum Gasteiger partial charge on any atom is 0.339 e. The van der Waals surface area contributed by atoms with Gasteiger partial charge in [0.05, 0.1) is 12.1 Å². The fourth-order valence-corrected chi connectivity index (χ4v) is 15.9. The maximum atomic E-state index is 16.2. The summed E-state index contributed by atoms with van der Waals surface area (Å²) >= 11 is 0. The standard InChI is InChI=1S/C79H110N2O46/c1-29(2)58-66(113-44(17)95)68(115-46(19)97)63(52(118-58)25-102-34(7)85)123-77-73-70(127-79(78(100)126-73)22-49(56(80-31(4)82)50(23-79)107-38(11)89)60(110-41(14)92)51(108-39(12)90)24-101-33(6)84)64(55(121-77)28-105-37(10)88)122-74-57(81-32(5)83)65(61(111-42(15)93)53(119-74)26-103-35(8)86)124-76-72(69(116-47(20)98)62(112-43(16)94)54(120-76)27-104-36(9)87)125-75-71(117-48(21)99)67(114-45(18)96)59(30(3)106-75)109-40(13)91/h29-30,49-77H,22-28H2,1-21H3,(H,80,82)(H,81,83)/t30?,49-,50?,51-,52?,53?,54?,55?,56?,57?,58+,59-,60+,61+,62+,63-,64+,65-,66?,67?,68+,69+,70+,71-,72?,73?,74+,75+,76+,77+,79+/m1/s1. The van der Waals surface area contributed by atoms with Gasteiger partial charge in [0.25, 0.3) is 0 Å². The molecule has 2 N–H and O–H groups in total. The molecule has 7 rings (SSSR count). The molecular weight excluding hydrogens is 1710 g/mol. The Kier molecular flexibility index (Phi) is 37.5. The highest BCUT2D eigenvalue weighted by Gasteiger charge is 2.68. The van der Waals surface area contributed by atoms with Crippen LogP contribution in [0.15, 0.2) is 0 Å². The Morgan fingerprint density at radius 3 is 1.17 bits per heavy atom. The van der Waals surface area contributed by atoms with Gasteiger partial charge >= 0.3 is 101 Å². The molecule has 2 amide bonds. The van der Waals surface area contributed by atoms with Crippen molar-refractivity contribution >= 4 is 113 Å². The average Bonchev–Trinajstić information content (AvgIpc) is 0.714. The van der Waals surface area contributed by atoms with E-state index in [9.17, 15) is 86.3 Å². The Hall–Kier alpha value is -10.5. The highest BCUT2D eigenvalue weighted by atomic mass is 16.8. The molecule has 6 aliphatic heterocycles. The molecule has 48 heteroatoms. The summed E-state index contributed by atoms with van der Waals surface area (Å²) in [6.45, 7) is 16.9. The Balaban J connectivity index is 1.58. The number of nitrogens with one attached hydrogen (secondary N) is 2. The van der Waals surface area contributed by atoms with Gasteiger partial charge in [-0.15, -0.1) is 0 Å². The number of hydrogen-bond acceptors (Lipinski definition) is 46.